The summed E-state index contributed by atoms with van der Waals surface area (Å²) in [5.74, 6) is 0. The molecule has 0 aliphatic carbocycles. The van der Waals surface area contributed by atoms with E-state index in [9.17, 15) is 9.90 Å². The lowest BCUT2D eigenvalue weighted by Crippen LogP contribution is -2.46. The number of aliphatic hydroxyl groups is 1. The minimum Gasteiger partial charge on any atom is -0.444 e. The molecule has 5 heteroatoms. The Morgan fingerprint density at radius 2 is 1.91 bits per heavy atom. The van der Waals surface area contributed by atoms with Crippen LogP contribution in [-0.2, 0) is 14.9 Å². The molecule has 0 saturated carbocycles. The minimum atomic E-state index is -0.599. The van der Waals surface area contributed by atoms with E-state index in [1.807, 2.05) is 52.0 Å². The first-order chi connectivity index (χ1) is 10.7. The summed E-state index contributed by atoms with van der Waals surface area (Å²) in [6, 6.07) is 7.88. The van der Waals surface area contributed by atoms with E-state index in [2.05, 4.69) is 5.32 Å². The normalized spacial score (nSPS) is 14.2. The summed E-state index contributed by atoms with van der Waals surface area (Å²) in [5.41, 5.74) is 0.929. The van der Waals surface area contributed by atoms with Gasteiger partial charge in [-0.3, -0.25) is 0 Å². The van der Waals surface area contributed by atoms with E-state index in [-0.39, 0.29) is 13.2 Å². The van der Waals surface area contributed by atoms with E-state index >= 15 is 0 Å². The zero-order valence-electron chi connectivity index (χ0n) is 14.8. The van der Waals surface area contributed by atoms with E-state index in [4.69, 9.17) is 9.47 Å². The molecule has 1 rings (SSSR count). The molecule has 0 heterocycles. The Labute approximate surface area is 139 Å². The average Bonchev–Trinajstić information content (AvgIpc) is 2.47. The summed E-state index contributed by atoms with van der Waals surface area (Å²) in [4.78, 5) is 12.0. The van der Waals surface area contributed by atoms with Gasteiger partial charge >= 0.3 is 6.09 Å². The molecule has 1 aromatic carbocycles. The Bertz CT molecular complexity index is 510. The van der Waals surface area contributed by atoms with Crippen LogP contribution < -0.4 is 5.32 Å². The van der Waals surface area contributed by atoms with E-state index in [1.54, 1.807) is 7.11 Å². The van der Waals surface area contributed by atoms with Crippen LogP contribution in [0, 0.1) is 6.92 Å². The first-order valence-corrected chi connectivity index (χ1v) is 7.87. The van der Waals surface area contributed by atoms with Gasteiger partial charge in [-0.05, 0) is 45.2 Å². The lowest BCUT2D eigenvalue weighted by atomic mass is 9.76. The van der Waals surface area contributed by atoms with Gasteiger partial charge in [0, 0.05) is 25.7 Å². The standard InChI is InChI=1S/C18H29NO4/c1-14-8-6-7-9-15(14)18(13-20,10-11-22-5)12-19-16(21)23-17(2,3)4/h6-9,20H,10-13H2,1-5H3,(H,19,21). The van der Waals surface area contributed by atoms with Crippen molar-refractivity contribution >= 4 is 6.09 Å². The quantitative estimate of drug-likeness (QED) is 0.809. The first-order valence-electron chi connectivity index (χ1n) is 7.87. The molecular formula is C18H29NO4. The Balaban J connectivity index is 2.96. The van der Waals surface area contributed by atoms with Crippen LogP contribution in [0.25, 0.3) is 0 Å². The second-order valence-electron chi connectivity index (χ2n) is 6.85. The van der Waals surface area contributed by atoms with Gasteiger partial charge in [0.15, 0.2) is 0 Å². The van der Waals surface area contributed by atoms with Crippen molar-refractivity contribution in [2.45, 2.75) is 45.1 Å². The number of aliphatic hydroxyl groups excluding tert-OH is 1. The van der Waals surface area contributed by atoms with Gasteiger partial charge < -0.3 is 19.9 Å². The Morgan fingerprint density at radius 1 is 1.26 bits per heavy atom. The molecule has 0 radical (unpaired) electrons. The molecule has 0 bridgehead atoms. The molecule has 2 N–H and O–H groups in total. The van der Waals surface area contributed by atoms with Crippen LogP contribution in [0.5, 0.6) is 0 Å². The molecule has 23 heavy (non-hydrogen) atoms. The third kappa shape index (κ3) is 5.84. The SMILES string of the molecule is COCCC(CO)(CNC(=O)OC(C)(C)C)c1ccccc1C. The van der Waals surface area contributed by atoms with Crippen molar-refractivity contribution in [2.75, 3.05) is 26.9 Å². The molecule has 0 aliphatic heterocycles. The zero-order chi connectivity index (χ0) is 17.5. The van der Waals surface area contributed by atoms with E-state index in [1.165, 1.54) is 0 Å². The molecule has 1 atom stereocenters. The summed E-state index contributed by atoms with van der Waals surface area (Å²) in [6.45, 7) is 8.14. The van der Waals surface area contributed by atoms with Gasteiger partial charge in [0.25, 0.3) is 0 Å². The molecule has 0 fully saturated rings. The van der Waals surface area contributed by atoms with E-state index in [0.29, 0.717) is 13.0 Å². The maximum atomic E-state index is 12.0. The summed E-state index contributed by atoms with van der Waals surface area (Å²) < 4.78 is 10.5. The van der Waals surface area contributed by atoms with Crippen LogP contribution in [-0.4, -0.2) is 43.7 Å². The van der Waals surface area contributed by atoms with Gasteiger partial charge in [-0.15, -0.1) is 0 Å². The molecule has 0 saturated heterocycles. The number of aryl methyl sites for hydroxylation is 1. The molecule has 0 aliphatic rings. The van der Waals surface area contributed by atoms with Crippen LogP contribution >= 0.6 is 0 Å². The third-order valence-electron chi connectivity index (χ3n) is 3.77. The second-order valence-corrected chi connectivity index (χ2v) is 6.85. The predicted octanol–water partition coefficient (Wildman–Crippen LogP) is 2.79. The molecule has 1 aromatic rings. The number of hydrogen-bond acceptors (Lipinski definition) is 4. The van der Waals surface area contributed by atoms with Gasteiger partial charge in [-0.2, -0.15) is 0 Å². The molecular weight excluding hydrogens is 294 g/mol. The number of rotatable bonds is 7. The van der Waals surface area contributed by atoms with Crippen LogP contribution in [0.3, 0.4) is 0 Å². The number of hydrogen-bond donors (Lipinski definition) is 2. The Morgan fingerprint density at radius 3 is 2.43 bits per heavy atom. The van der Waals surface area contributed by atoms with Crippen molar-refractivity contribution in [1.29, 1.82) is 0 Å². The van der Waals surface area contributed by atoms with E-state index in [0.717, 1.165) is 11.1 Å². The van der Waals surface area contributed by atoms with Gasteiger partial charge in [-0.25, -0.2) is 4.79 Å². The maximum Gasteiger partial charge on any atom is 0.407 e. The summed E-state index contributed by atoms with van der Waals surface area (Å²) in [7, 11) is 1.63. The molecule has 0 spiro atoms. The molecule has 1 unspecified atom stereocenters. The van der Waals surface area contributed by atoms with Crippen LogP contribution in [0.2, 0.25) is 0 Å². The van der Waals surface area contributed by atoms with Crippen molar-refractivity contribution in [3.05, 3.63) is 35.4 Å². The number of amides is 1. The molecule has 1 amide bonds. The maximum absolute atomic E-state index is 12.0. The highest BCUT2D eigenvalue weighted by atomic mass is 16.6. The minimum absolute atomic E-state index is 0.0863. The summed E-state index contributed by atoms with van der Waals surface area (Å²) in [5, 5.41) is 12.9. The molecule has 130 valence electrons. The largest absolute Gasteiger partial charge is 0.444 e. The van der Waals surface area contributed by atoms with Crippen LogP contribution in [0.4, 0.5) is 4.79 Å². The van der Waals surface area contributed by atoms with Gasteiger partial charge in [0.05, 0.1) is 6.61 Å². The number of nitrogens with one attached hydrogen (secondary N) is 1. The van der Waals surface area contributed by atoms with Gasteiger partial charge in [0.2, 0.25) is 0 Å². The number of alkyl carbamates (subject to hydrolysis) is 1. The lowest BCUT2D eigenvalue weighted by molar-refractivity contribution is 0.0489. The number of carbonyl (C=O) groups excluding carboxylic acids is 1. The zero-order valence-corrected chi connectivity index (χ0v) is 14.8. The fourth-order valence-corrected chi connectivity index (χ4v) is 2.56. The Kier molecular flexibility index (Phi) is 7.03. The Hall–Kier alpha value is -1.59. The highest BCUT2D eigenvalue weighted by Crippen LogP contribution is 2.30. The highest BCUT2D eigenvalue weighted by Gasteiger charge is 2.33. The van der Waals surface area contributed by atoms with E-state index < -0.39 is 17.1 Å². The smallest absolute Gasteiger partial charge is 0.407 e. The number of carbonyl (C=O) groups is 1. The lowest BCUT2D eigenvalue weighted by Gasteiger charge is -2.34. The first kappa shape index (κ1) is 19.5. The molecule has 5 nitrogen and oxygen atoms in total. The van der Waals surface area contributed by atoms with Gasteiger partial charge in [-0.1, -0.05) is 24.3 Å². The fourth-order valence-electron chi connectivity index (χ4n) is 2.56. The van der Waals surface area contributed by atoms with Crippen molar-refractivity contribution in [2.24, 2.45) is 0 Å². The predicted molar refractivity (Wildman–Crippen MR) is 90.7 cm³/mol. The number of methoxy groups -OCH3 is 1. The highest BCUT2D eigenvalue weighted by molar-refractivity contribution is 5.68. The topological polar surface area (TPSA) is 67.8 Å². The summed E-state index contributed by atoms with van der Waals surface area (Å²) in [6.07, 6.45) is 0.113. The van der Waals surface area contributed by atoms with Crippen molar-refractivity contribution in [3.8, 4) is 0 Å². The second kappa shape index (κ2) is 8.31. The van der Waals surface area contributed by atoms with Crippen LogP contribution in [0.15, 0.2) is 24.3 Å². The van der Waals surface area contributed by atoms with Gasteiger partial charge in [0.1, 0.15) is 5.60 Å². The third-order valence-corrected chi connectivity index (χ3v) is 3.77. The molecule has 0 aromatic heterocycles. The van der Waals surface area contributed by atoms with Crippen molar-refractivity contribution in [3.63, 3.8) is 0 Å². The van der Waals surface area contributed by atoms with Crippen LogP contribution in [0.1, 0.15) is 38.3 Å². The van der Waals surface area contributed by atoms with Crippen molar-refractivity contribution < 1.29 is 19.4 Å². The summed E-state index contributed by atoms with van der Waals surface area (Å²) >= 11 is 0. The number of benzene rings is 1. The average molecular weight is 323 g/mol. The van der Waals surface area contributed by atoms with Crippen molar-refractivity contribution in [1.82, 2.24) is 5.32 Å². The number of ether oxygens (including phenoxy) is 2. The fraction of sp³-hybridized carbons (Fsp3) is 0.611. The monoisotopic (exact) mass is 323 g/mol.